The number of amides is 1. The van der Waals surface area contributed by atoms with Gasteiger partial charge < -0.3 is 28.6 Å². The number of methoxy groups -OCH3 is 4. The van der Waals surface area contributed by atoms with Crippen molar-refractivity contribution in [1.29, 1.82) is 0 Å². The molecule has 1 saturated heterocycles. The molecule has 0 radical (unpaired) electrons. The zero-order valence-electron chi connectivity index (χ0n) is 23.9. The highest BCUT2D eigenvalue weighted by Crippen LogP contribution is 2.58. The highest BCUT2D eigenvalue weighted by molar-refractivity contribution is 6.17. The number of nitrogens with zero attached hydrogens (tertiary/aromatic N) is 3. The average Bonchev–Trinajstić information content (AvgIpc) is 3.50. The zero-order chi connectivity index (χ0) is 30.2. The van der Waals surface area contributed by atoms with E-state index in [0.29, 0.717) is 17.0 Å². The molecule has 3 atom stereocenters. The summed E-state index contributed by atoms with van der Waals surface area (Å²) in [6.45, 7) is -0.226. The van der Waals surface area contributed by atoms with Gasteiger partial charge in [0, 0.05) is 12.7 Å². The van der Waals surface area contributed by atoms with E-state index in [0.717, 1.165) is 12.7 Å². The van der Waals surface area contributed by atoms with Crippen molar-refractivity contribution in [3.05, 3.63) is 70.9 Å². The number of anilines is 1. The van der Waals surface area contributed by atoms with Gasteiger partial charge in [0.05, 0.1) is 52.1 Å². The Balaban J connectivity index is 1.70. The minimum Gasteiger partial charge on any atom is -0.497 e. The Morgan fingerprint density at radius 3 is 2.31 bits per heavy atom. The number of aliphatic imine (C=N–C) groups is 1. The SMILES string of the molecule is COC(=O)C1=C(C(=O)OC)[C@@H]2N(C)c3ccc(OC)cc3[C@@]23C[C@@H](C(=O)OC)N(C(=O)COCc2ccccc2)C3=N1. The minimum absolute atomic E-state index is 0.00700. The molecule has 0 aromatic heterocycles. The third-order valence-corrected chi connectivity index (χ3v) is 7.98. The van der Waals surface area contributed by atoms with Crippen LogP contribution in [0.5, 0.6) is 5.75 Å². The average molecular weight is 578 g/mol. The number of hydrogen-bond donors (Lipinski definition) is 0. The van der Waals surface area contributed by atoms with E-state index in [2.05, 4.69) is 4.99 Å². The highest BCUT2D eigenvalue weighted by atomic mass is 16.5. The van der Waals surface area contributed by atoms with E-state index in [4.69, 9.17) is 23.7 Å². The lowest BCUT2D eigenvalue weighted by Gasteiger charge is -2.39. The number of rotatable bonds is 8. The number of carbonyl (C=O) groups is 4. The van der Waals surface area contributed by atoms with Crippen LogP contribution in [0.4, 0.5) is 5.69 Å². The number of likely N-dealkylation sites (tertiary alicyclic amines) is 1. The van der Waals surface area contributed by atoms with Crippen molar-refractivity contribution in [3.8, 4) is 5.75 Å². The summed E-state index contributed by atoms with van der Waals surface area (Å²) < 4.78 is 26.5. The van der Waals surface area contributed by atoms with Crippen LogP contribution in [0, 0.1) is 0 Å². The molecular formula is C30H31N3O9. The lowest BCUT2D eigenvalue weighted by molar-refractivity contribution is -0.150. The Kier molecular flexibility index (Phi) is 7.74. The van der Waals surface area contributed by atoms with Crippen molar-refractivity contribution < 1.29 is 42.9 Å². The Bertz CT molecular complexity index is 1500. The molecule has 3 heterocycles. The van der Waals surface area contributed by atoms with Crippen molar-refractivity contribution in [2.24, 2.45) is 4.99 Å². The van der Waals surface area contributed by atoms with E-state index in [1.165, 1.54) is 26.2 Å². The number of likely N-dealkylation sites (N-methyl/N-ethyl adjacent to an activating group) is 1. The molecule has 0 aliphatic carbocycles. The maximum absolute atomic E-state index is 13.9. The Labute approximate surface area is 242 Å². The summed E-state index contributed by atoms with van der Waals surface area (Å²) in [6.07, 6.45) is 0.00700. The predicted molar refractivity (Wildman–Crippen MR) is 149 cm³/mol. The summed E-state index contributed by atoms with van der Waals surface area (Å²) in [5, 5.41) is 0. The highest BCUT2D eigenvalue weighted by Gasteiger charge is 2.67. The summed E-state index contributed by atoms with van der Waals surface area (Å²) >= 11 is 0. The van der Waals surface area contributed by atoms with E-state index in [9.17, 15) is 19.2 Å². The quantitative estimate of drug-likeness (QED) is 0.338. The fourth-order valence-corrected chi connectivity index (χ4v) is 6.21. The second-order valence-electron chi connectivity index (χ2n) is 10.0. The number of benzene rings is 2. The van der Waals surface area contributed by atoms with Crippen molar-refractivity contribution in [2.45, 2.75) is 30.5 Å². The number of hydrogen-bond acceptors (Lipinski definition) is 11. The van der Waals surface area contributed by atoms with Crippen molar-refractivity contribution in [3.63, 3.8) is 0 Å². The van der Waals surface area contributed by atoms with Crippen molar-refractivity contribution >= 4 is 35.3 Å². The molecule has 1 fully saturated rings. The Morgan fingerprint density at radius 1 is 0.952 bits per heavy atom. The van der Waals surface area contributed by atoms with Crippen LogP contribution in [-0.4, -0.2) is 88.7 Å². The van der Waals surface area contributed by atoms with E-state index in [-0.39, 0.29) is 36.7 Å². The lowest BCUT2D eigenvalue weighted by Crippen LogP contribution is -2.55. The molecule has 2 aromatic rings. The smallest absolute Gasteiger partial charge is 0.357 e. The van der Waals surface area contributed by atoms with Gasteiger partial charge in [0.1, 0.15) is 24.2 Å². The molecule has 220 valence electrons. The molecule has 0 saturated carbocycles. The van der Waals surface area contributed by atoms with E-state index >= 15 is 0 Å². The van der Waals surface area contributed by atoms with Gasteiger partial charge in [-0.05, 0) is 35.7 Å². The molecule has 1 amide bonds. The van der Waals surface area contributed by atoms with E-state index < -0.39 is 41.3 Å². The number of fused-ring (bicyclic) bond motifs is 1. The van der Waals surface area contributed by atoms with Gasteiger partial charge in [0.2, 0.25) is 0 Å². The van der Waals surface area contributed by atoms with E-state index in [1.54, 1.807) is 19.2 Å². The lowest BCUT2D eigenvalue weighted by atomic mass is 9.69. The Morgan fingerprint density at radius 2 is 1.67 bits per heavy atom. The van der Waals surface area contributed by atoms with Gasteiger partial charge in [0.25, 0.3) is 5.91 Å². The molecule has 42 heavy (non-hydrogen) atoms. The molecule has 0 unspecified atom stereocenters. The largest absolute Gasteiger partial charge is 0.497 e. The number of esters is 3. The first-order valence-electron chi connectivity index (χ1n) is 13.2. The van der Waals surface area contributed by atoms with Crippen LogP contribution in [0.15, 0.2) is 64.8 Å². The van der Waals surface area contributed by atoms with E-state index in [1.807, 2.05) is 41.3 Å². The van der Waals surface area contributed by atoms with Gasteiger partial charge in [0.15, 0.2) is 5.70 Å². The van der Waals surface area contributed by atoms with Crippen LogP contribution < -0.4 is 9.64 Å². The van der Waals surface area contributed by atoms with Crippen LogP contribution in [0.2, 0.25) is 0 Å². The fraction of sp³-hybridized carbons (Fsp3) is 0.367. The standard InChI is InChI=1S/C30H31N3O9/c1-32-20-12-11-18(38-2)13-19(20)30-14-21(26(35)39-3)33(22(34)16-42-15-17-9-7-6-8-10-17)29(30)31-24(28(37)41-5)23(25(30)32)27(36)40-4/h6-13,21,25H,14-16H2,1-5H3/t21-,25-,30-/m0/s1. The molecule has 12 heteroatoms. The molecule has 5 rings (SSSR count). The summed E-state index contributed by atoms with van der Waals surface area (Å²) in [5.74, 6) is -2.32. The maximum Gasteiger partial charge on any atom is 0.357 e. The zero-order valence-corrected chi connectivity index (χ0v) is 23.9. The van der Waals surface area contributed by atoms with Gasteiger partial charge in [-0.3, -0.25) is 9.69 Å². The number of ether oxygens (including phenoxy) is 5. The molecule has 2 aromatic carbocycles. The summed E-state index contributed by atoms with van der Waals surface area (Å²) in [6, 6.07) is 12.7. The monoisotopic (exact) mass is 577 g/mol. The molecular weight excluding hydrogens is 546 g/mol. The third kappa shape index (κ3) is 4.38. The Hall–Kier alpha value is -4.71. The summed E-state index contributed by atoms with van der Waals surface area (Å²) in [7, 11) is 6.87. The van der Waals surface area contributed by atoms with Crippen LogP contribution in [0.25, 0.3) is 0 Å². The number of carbonyl (C=O) groups excluding carboxylic acids is 4. The molecule has 1 spiro atoms. The van der Waals surface area contributed by atoms with Crippen LogP contribution in [0.1, 0.15) is 17.5 Å². The minimum atomic E-state index is -1.24. The maximum atomic E-state index is 13.9. The predicted octanol–water partition coefficient (Wildman–Crippen LogP) is 1.75. The molecule has 3 aliphatic heterocycles. The van der Waals surface area contributed by atoms with Gasteiger partial charge in [-0.1, -0.05) is 30.3 Å². The molecule has 3 aliphatic rings. The third-order valence-electron chi connectivity index (χ3n) is 7.98. The first-order valence-corrected chi connectivity index (χ1v) is 13.2. The summed E-state index contributed by atoms with van der Waals surface area (Å²) in [4.78, 5) is 61.2. The second kappa shape index (κ2) is 11.3. The first-order chi connectivity index (χ1) is 20.2. The van der Waals surface area contributed by atoms with Crippen LogP contribution >= 0.6 is 0 Å². The first kappa shape index (κ1) is 28.8. The molecule has 0 bridgehead atoms. The van der Waals surface area contributed by atoms with Crippen LogP contribution in [-0.2, 0) is 50.1 Å². The van der Waals surface area contributed by atoms with Gasteiger partial charge in [-0.2, -0.15) is 0 Å². The number of amidine groups is 1. The van der Waals surface area contributed by atoms with Crippen molar-refractivity contribution in [2.75, 3.05) is 47.0 Å². The fourth-order valence-electron chi connectivity index (χ4n) is 6.21. The van der Waals surface area contributed by atoms with Crippen molar-refractivity contribution in [1.82, 2.24) is 4.90 Å². The normalized spacial score (nSPS) is 22.1. The van der Waals surface area contributed by atoms with Crippen LogP contribution in [0.3, 0.4) is 0 Å². The molecule has 12 nitrogen and oxygen atoms in total. The molecule has 0 N–H and O–H groups in total. The second-order valence-corrected chi connectivity index (χ2v) is 10.0. The topological polar surface area (TPSA) is 133 Å². The summed E-state index contributed by atoms with van der Waals surface area (Å²) in [5.41, 5.74) is 0.601. The van der Waals surface area contributed by atoms with Gasteiger partial charge in [-0.15, -0.1) is 0 Å². The van der Waals surface area contributed by atoms with Gasteiger partial charge >= 0.3 is 17.9 Å². The van der Waals surface area contributed by atoms with Gasteiger partial charge in [-0.25, -0.2) is 19.4 Å².